The molecule has 5 N–H and O–H groups in total. The average molecular weight is 468 g/mol. The number of alkyl halides is 3. The zero-order valence-corrected chi connectivity index (χ0v) is 18.2. The second kappa shape index (κ2) is 15.7. The number of amides is 3. The third-order valence-corrected chi connectivity index (χ3v) is 3.46. The number of aliphatic hydroxyl groups is 1. The van der Waals surface area contributed by atoms with E-state index in [9.17, 15) is 27.9 Å². The summed E-state index contributed by atoms with van der Waals surface area (Å²) < 4.78 is 44.0. The molecule has 0 radical (unpaired) electrons. The fourth-order valence-electron chi connectivity index (χ4n) is 1.98. The Balaban J connectivity index is 5.02. The fraction of sp³-hybridized carbons (Fsp3) is 0.227. The Bertz CT molecular complexity index is 883. The molecule has 0 aromatic carbocycles. The molecule has 0 rings (SSSR count). The van der Waals surface area contributed by atoms with E-state index in [4.69, 9.17) is 10.1 Å². The third kappa shape index (κ3) is 13.1. The van der Waals surface area contributed by atoms with Crippen molar-refractivity contribution in [3.63, 3.8) is 0 Å². The summed E-state index contributed by atoms with van der Waals surface area (Å²) in [6, 6.07) is -0.811. The van der Waals surface area contributed by atoms with Crippen LogP contribution in [0, 0.1) is 5.41 Å². The number of ether oxygens (including phenoxy) is 1. The molecule has 0 aliphatic rings. The van der Waals surface area contributed by atoms with Gasteiger partial charge in [-0.1, -0.05) is 19.6 Å². The molecule has 0 spiro atoms. The van der Waals surface area contributed by atoms with Crippen molar-refractivity contribution in [3.8, 4) is 0 Å². The first-order chi connectivity index (χ1) is 15.6. The molecule has 0 heterocycles. The van der Waals surface area contributed by atoms with E-state index in [1.807, 2.05) is 6.92 Å². The molecule has 0 aliphatic heterocycles. The Labute approximate surface area is 190 Å². The minimum absolute atomic E-state index is 0.0442. The number of hydrogen-bond donors (Lipinski definition) is 5. The number of halogens is 3. The van der Waals surface area contributed by atoms with Crippen molar-refractivity contribution in [1.82, 2.24) is 16.0 Å². The summed E-state index contributed by atoms with van der Waals surface area (Å²) >= 11 is 0. The number of nitrogens with one attached hydrogen (secondary N) is 4. The predicted octanol–water partition coefficient (Wildman–Crippen LogP) is 4.06. The van der Waals surface area contributed by atoms with Crippen LogP contribution in [-0.4, -0.2) is 43.1 Å². The third-order valence-electron chi connectivity index (χ3n) is 3.46. The molecule has 3 amide bonds. The summed E-state index contributed by atoms with van der Waals surface area (Å²) in [6.07, 6.45) is 7.27. The van der Waals surface area contributed by atoms with Gasteiger partial charge in [-0.15, -0.1) is 0 Å². The van der Waals surface area contributed by atoms with Crippen molar-refractivity contribution >= 4 is 18.2 Å². The highest BCUT2D eigenvalue weighted by atomic mass is 19.4. The summed E-state index contributed by atoms with van der Waals surface area (Å²) in [5, 5.41) is 23.4. The first-order valence-corrected chi connectivity index (χ1v) is 9.55. The van der Waals surface area contributed by atoms with Crippen molar-refractivity contribution in [2.75, 3.05) is 13.7 Å². The molecule has 0 aromatic rings. The lowest BCUT2D eigenvalue weighted by atomic mass is 10.2. The number of aliphatic hydroxyl groups excluding tert-OH is 1. The van der Waals surface area contributed by atoms with Gasteiger partial charge in [-0.3, -0.25) is 4.79 Å². The molecule has 11 heteroatoms. The van der Waals surface area contributed by atoms with Gasteiger partial charge >= 0.3 is 12.2 Å². The number of urea groups is 1. The molecule has 0 unspecified atom stereocenters. The molecule has 0 fully saturated rings. The van der Waals surface area contributed by atoms with Gasteiger partial charge in [-0.2, -0.15) is 13.2 Å². The molecule has 180 valence electrons. The van der Waals surface area contributed by atoms with E-state index in [2.05, 4.69) is 22.5 Å². The molecular weight excluding hydrogens is 441 g/mol. The van der Waals surface area contributed by atoms with Crippen LogP contribution in [0.1, 0.15) is 13.3 Å². The summed E-state index contributed by atoms with van der Waals surface area (Å²) in [4.78, 5) is 23.2. The number of rotatable bonds is 12. The van der Waals surface area contributed by atoms with Gasteiger partial charge in [0, 0.05) is 31.2 Å². The van der Waals surface area contributed by atoms with Crippen LogP contribution in [0.4, 0.5) is 18.0 Å². The lowest BCUT2D eigenvalue weighted by molar-refractivity contribution is -0.116. The van der Waals surface area contributed by atoms with Crippen molar-refractivity contribution in [1.29, 1.82) is 5.41 Å². The molecule has 0 atom stereocenters. The van der Waals surface area contributed by atoms with Crippen LogP contribution in [0.3, 0.4) is 0 Å². The molecular formula is C22H27F3N4O4. The van der Waals surface area contributed by atoms with Gasteiger partial charge in [0.05, 0.1) is 5.57 Å². The lowest BCUT2D eigenvalue weighted by Crippen LogP contribution is -2.31. The Morgan fingerprint density at radius 3 is 2.42 bits per heavy atom. The van der Waals surface area contributed by atoms with E-state index in [0.29, 0.717) is 24.3 Å². The number of likely N-dealkylation sites (N-methyl/N-ethyl adjacent to an activating group) is 1. The minimum atomic E-state index is -4.83. The molecule has 0 bridgehead atoms. The second-order valence-corrected chi connectivity index (χ2v) is 5.90. The smallest absolute Gasteiger partial charge is 0.420 e. The standard InChI is InChI=1S/C22H27F3N4O4/c1-4-7-16(8-6-15-33-17(11-13-26)9-10-20(31)27-3)29-21(32)28-14-12-18(19(30)5-2)22(23,24)25/h5-14,26,30H,2,4,15H2,1,3H3,(H,27,31)(H2,28,29,32)/b8-6-,10-9+,14-12+,16-7+,17-11+,19-18-,26-13?. The molecule has 0 aromatic heterocycles. The summed E-state index contributed by atoms with van der Waals surface area (Å²) in [7, 11) is 1.47. The monoisotopic (exact) mass is 468 g/mol. The van der Waals surface area contributed by atoms with E-state index >= 15 is 0 Å². The summed E-state index contributed by atoms with van der Waals surface area (Å²) in [5.41, 5.74) is -1.01. The zero-order chi connectivity index (χ0) is 25.3. The maximum Gasteiger partial charge on any atom is 0.420 e. The molecule has 0 aliphatic carbocycles. The summed E-state index contributed by atoms with van der Waals surface area (Å²) in [6.45, 7) is 4.93. The van der Waals surface area contributed by atoms with Crippen LogP contribution in [0.5, 0.6) is 0 Å². The van der Waals surface area contributed by atoms with Crippen LogP contribution in [0.25, 0.3) is 0 Å². The highest BCUT2D eigenvalue weighted by Crippen LogP contribution is 2.28. The van der Waals surface area contributed by atoms with Crippen molar-refractivity contribution < 1.29 is 32.6 Å². The Morgan fingerprint density at radius 1 is 1.18 bits per heavy atom. The van der Waals surface area contributed by atoms with E-state index in [1.165, 1.54) is 31.4 Å². The van der Waals surface area contributed by atoms with E-state index in [-0.39, 0.29) is 18.3 Å². The van der Waals surface area contributed by atoms with Gasteiger partial charge in [0.25, 0.3) is 0 Å². The maximum atomic E-state index is 12.9. The first-order valence-electron chi connectivity index (χ1n) is 9.55. The topological polar surface area (TPSA) is 124 Å². The van der Waals surface area contributed by atoms with Crippen LogP contribution >= 0.6 is 0 Å². The number of carbonyl (C=O) groups excluding carboxylic acids is 2. The van der Waals surface area contributed by atoms with Crippen LogP contribution in [0.15, 0.2) is 84.2 Å². The van der Waals surface area contributed by atoms with E-state index in [1.54, 1.807) is 12.2 Å². The SMILES string of the molecule is C=C/C(O)=C(\C=C\NC(=O)NC(/C=C\COC(/C=C/C(=O)NC)=C/C=N)=C/CC)C(F)(F)F. The van der Waals surface area contributed by atoms with Gasteiger partial charge in [0.15, 0.2) is 0 Å². The van der Waals surface area contributed by atoms with E-state index < -0.39 is 23.5 Å². The van der Waals surface area contributed by atoms with Crippen molar-refractivity contribution in [2.45, 2.75) is 19.5 Å². The lowest BCUT2D eigenvalue weighted by Gasteiger charge is -2.09. The normalized spacial score (nSPS) is 13.7. The van der Waals surface area contributed by atoms with Crippen molar-refractivity contribution in [2.24, 2.45) is 0 Å². The van der Waals surface area contributed by atoms with Crippen molar-refractivity contribution in [3.05, 3.63) is 84.2 Å². The van der Waals surface area contributed by atoms with E-state index in [0.717, 1.165) is 12.4 Å². The minimum Gasteiger partial charge on any atom is -0.507 e. The van der Waals surface area contributed by atoms with Crippen LogP contribution < -0.4 is 16.0 Å². The Morgan fingerprint density at radius 2 is 1.88 bits per heavy atom. The summed E-state index contributed by atoms with van der Waals surface area (Å²) in [5.74, 6) is -1.16. The largest absolute Gasteiger partial charge is 0.507 e. The van der Waals surface area contributed by atoms with Gasteiger partial charge < -0.3 is 31.2 Å². The van der Waals surface area contributed by atoms with Crippen LogP contribution in [0.2, 0.25) is 0 Å². The zero-order valence-electron chi connectivity index (χ0n) is 18.2. The highest BCUT2D eigenvalue weighted by molar-refractivity contribution is 5.87. The first kappa shape index (κ1) is 29.0. The number of allylic oxidation sites excluding steroid dienone is 7. The molecule has 8 nitrogen and oxygen atoms in total. The second-order valence-electron chi connectivity index (χ2n) is 5.90. The van der Waals surface area contributed by atoms with Gasteiger partial charge in [-0.05, 0) is 42.9 Å². The van der Waals surface area contributed by atoms with Crippen LogP contribution in [-0.2, 0) is 9.53 Å². The number of carbonyl (C=O) groups is 2. The molecule has 33 heavy (non-hydrogen) atoms. The molecule has 0 saturated carbocycles. The predicted molar refractivity (Wildman–Crippen MR) is 120 cm³/mol. The highest BCUT2D eigenvalue weighted by Gasteiger charge is 2.34. The van der Waals surface area contributed by atoms with Gasteiger partial charge in [0.1, 0.15) is 18.1 Å². The van der Waals surface area contributed by atoms with Gasteiger partial charge in [-0.25, -0.2) is 4.79 Å². The quantitative estimate of drug-likeness (QED) is 0.128. The average Bonchev–Trinajstić information content (AvgIpc) is 2.76. The van der Waals surface area contributed by atoms with Gasteiger partial charge in [0.2, 0.25) is 5.91 Å². The Kier molecular flexibility index (Phi) is 13.8. The fourth-order valence-corrected chi connectivity index (χ4v) is 1.98. The molecule has 0 saturated heterocycles. The number of hydrogen-bond acceptors (Lipinski definition) is 5. The maximum absolute atomic E-state index is 12.9. The Hall–Kier alpha value is -4.02.